The minimum Gasteiger partial charge on any atom is -0.477 e. The van der Waals surface area contributed by atoms with Crippen molar-refractivity contribution < 1.29 is 9.90 Å². The zero-order valence-corrected chi connectivity index (χ0v) is 14.5. The summed E-state index contributed by atoms with van der Waals surface area (Å²) in [5.41, 5.74) is 3.19. The van der Waals surface area contributed by atoms with E-state index in [-0.39, 0.29) is 5.69 Å². The molecular weight excluding hydrogens is 382 g/mol. The Kier molecular flexibility index (Phi) is 3.82. The van der Waals surface area contributed by atoms with Gasteiger partial charge in [-0.05, 0) is 48.5 Å². The van der Waals surface area contributed by atoms with Gasteiger partial charge in [0, 0.05) is 10.2 Å². The molecule has 6 heteroatoms. The maximum Gasteiger partial charge on any atom is 0.354 e. The molecule has 0 aliphatic rings. The Bertz CT molecular complexity index is 1090. The number of carboxylic acids is 1. The van der Waals surface area contributed by atoms with E-state index in [2.05, 4.69) is 25.9 Å². The third-order valence-corrected chi connectivity index (χ3v) is 4.37. The van der Waals surface area contributed by atoms with E-state index in [1.54, 1.807) is 12.1 Å². The molecule has 0 amide bonds. The van der Waals surface area contributed by atoms with E-state index < -0.39 is 5.97 Å². The van der Waals surface area contributed by atoms with Crippen molar-refractivity contribution in [3.05, 3.63) is 76.9 Å². The molecule has 0 saturated carbocycles. The van der Waals surface area contributed by atoms with E-state index in [4.69, 9.17) is 0 Å². The molecule has 4 aromatic rings. The van der Waals surface area contributed by atoms with E-state index in [1.807, 2.05) is 53.1 Å². The van der Waals surface area contributed by atoms with Crippen LogP contribution >= 0.6 is 15.9 Å². The van der Waals surface area contributed by atoms with Crippen molar-refractivity contribution in [1.82, 2.24) is 14.5 Å². The molecular formula is C19H12BrN3O2. The fourth-order valence-corrected chi connectivity index (χ4v) is 2.99. The van der Waals surface area contributed by atoms with Crippen LogP contribution in [-0.4, -0.2) is 25.6 Å². The van der Waals surface area contributed by atoms with Crippen LogP contribution in [0.1, 0.15) is 10.5 Å². The number of carboxylic acid groups (broad SMARTS) is 1. The van der Waals surface area contributed by atoms with Crippen LogP contribution in [0.3, 0.4) is 0 Å². The number of fused-ring (bicyclic) bond motifs is 1. The summed E-state index contributed by atoms with van der Waals surface area (Å²) in [5.74, 6) is -0.459. The van der Waals surface area contributed by atoms with Crippen molar-refractivity contribution >= 4 is 32.9 Å². The Balaban J connectivity index is 2.01. The average molecular weight is 394 g/mol. The Labute approximate surface area is 151 Å². The van der Waals surface area contributed by atoms with Gasteiger partial charge in [0.15, 0.2) is 5.82 Å². The van der Waals surface area contributed by atoms with Gasteiger partial charge < -0.3 is 5.11 Å². The maximum atomic E-state index is 11.3. The third kappa shape index (κ3) is 2.81. The molecule has 1 N–H and O–H groups in total. The molecule has 0 saturated heterocycles. The number of hydrogen-bond acceptors (Lipinski definition) is 3. The molecule has 25 heavy (non-hydrogen) atoms. The summed E-state index contributed by atoms with van der Waals surface area (Å²) in [7, 11) is 0. The highest BCUT2D eigenvalue weighted by Gasteiger charge is 2.16. The van der Waals surface area contributed by atoms with E-state index in [9.17, 15) is 9.90 Å². The number of aromatic carboxylic acids is 1. The smallest absolute Gasteiger partial charge is 0.354 e. The number of carbonyl (C=O) groups is 1. The molecule has 122 valence electrons. The molecule has 2 heterocycles. The van der Waals surface area contributed by atoms with Gasteiger partial charge >= 0.3 is 5.97 Å². The summed E-state index contributed by atoms with van der Waals surface area (Å²) < 4.78 is 2.96. The monoisotopic (exact) mass is 393 g/mol. The van der Waals surface area contributed by atoms with Gasteiger partial charge in [-0.15, -0.1) is 0 Å². The molecule has 0 bridgehead atoms. The summed E-state index contributed by atoms with van der Waals surface area (Å²) in [6.45, 7) is 0. The van der Waals surface area contributed by atoms with Crippen LogP contribution in [0.4, 0.5) is 0 Å². The molecule has 0 radical (unpaired) electrons. The van der Waals surface area contributed by atoms with Gasteiger partial charge in [0.2, 0.25) is 0 Å². The number of aromatic nitrogens is 3. The Morgan fingerprint density at radius 2 is 1.68 bits per heavy atom. The Morgan fingerprint density at radius 3 is 2.44 bits per heavy atom. The number of halogens is 1. The molecule has 0 fully saturated rings. The summed E-state index contributed by atoms with van der Waals surface area (Å²) in [5, 5.41) is 9.22. The maximum absolute atomic E-state index is 11.3. The molecule has 2 aromatic heterocycles. The lowest BCUT2D eigenvalue weighted by molar-refractivity contribution is 0.0690. The molecule has 4 rings (SSSR count). The van der Waals surface area contributed by atoms with Crippen molar-refractivity contribution in [1.29, 1.82) is 0 Å². The van der Waals surface area contributed by atoms with Gasteiger partial charge in [-0.3, -0.25) is 4.57 Å². The van der Waals surface area contributed by atoms with Crippen molar-refractivity contribution in [3.8, 4) is 17.2 Å². The van der Waals surface area contributed by atoms with Crippen LogP contribution < -0.4 is 0 Å². The van der Waals surface area contributed by atoms with Gasteiger partial charge in [-0.25, -0.2) is 14.8 Å². The predicted molar refractivity (Wildman–Crippen MR) is 99.0 cm³/mol. The third-order valence-electron chi connectivity index (χ3n) is 3.84. The van der Waals surface area contributed by atoms with Gasteiger partial charge in [0.1, 0.15) is 11.4 Å². The molecule has 0 atom stereocenters. The summed E-state index contributed by atoms with van der Waals surface area (Å²) in [6, 6.07) is 20.6. The van der Waals surface area contributed by atoms with E-state index >= 15 is 0 Å². The minimum absolute atomic E-state index is 0.00749. The second kappa shape index (κ2) is 6.14. The topological polar surface area (TPSA) is 68.0 Å². The second-order valence-corrected chi connectivity index (χ2v) is 6.36. The van der Waals surface area contributed by atoms with Crippen LogP contribution in [0.15, 0.2) is 71.2 Å². The molecule has 0 unspecified atom stereocenters. The number of imidazole rings is 1. The summed E-state index contributed by atoms with van der Waals surface area (Å²) in [6.07, 6.45) is 0. The second-order valence-electron chi connectivity index (χ2n) is 5.45. The van der Waals surface area contributed by atoms with Gasteiger partial charge in [-0.2, -0.15) is 0 Å². The molecule has 0 spiro atoms. The number of pyridine rings is 1. The standard InChI is InChI=1S/C19H12BrN3O2/c20-12-8-10-13(11-9-12)23-17-7-2-1-4-14(17)22-18(23)15-5-3-6-16(21-15)19(24)25/h1-11H,(H,24,25). The minimum atomic E-state index is -1.06. The predicted octanol–water partition coefficient (Wildman–Crippen LogP) is 4.55. The number of nitrogens with zero attached hydrogens (tertiary/aromatic N) is 3. The zero-order chi connectivity index (χ0) is 17.4. The van der Waals surface area contributed by atoms with E-state index in [0.717, 1.165) is 21.2 Å². The lowest BCUT2D eigenvalue weighted by atomic mass is 10.2. The van der Waals surface area contributed by atoms with Crippen LogP contribution in [0.5, 0.6) is 0 Å². The zero-order valence-electron chi connectivity index (χ0n) is 12.9. The number of benzene rings is 2. The molecule has 2 aromatic carbocycles. The Hall–Kier alpha value is -2.99. The van der Waals surface area contributed by atoms with Crippen molar-refractivity contribution in [2.24, 2.45) is 0 Å². The first-order chi connectivity index (χ1) is 12.1. The normalized spacial score (nSPS) is 10.9. The molecule has 0 aliphatic carbocycles. The number of hydrogen-bond donors (Lipinski definition) is 1. The van der Waals surface area contributed by atoms with Gasteiger partial charge in [0.25, 0.3) is 0 Å². The van der Waals surface area contributed by atoms with Gasteiger partial charge in [0.05, 0.1) is 11.0 Å². The lowest BCUT2D eigenvalue weighted by Gasteiger charge is -2.09. The first-order valence-electron chi connectivity index (χ1n) is 7.57. The first kappa shape index (κ1) is 15.5. The van der Waals surface area contributed by atoms with E-state index in [0.29, 0.717) is 11.5 Å². The van der Waals surface area contributed by atoms with Gasteiger partial charge in [-0.1, -0.05) is 34.1 Å². The highest BCUT2D eigenvalue weighted by Crippen LogP contribution is 2.28. The highest BCUT2D eigenvalue weighted by molar-refractivity contribution is 9.10. The summed E-state index contributed by atoms with van der Waals surface area (Å²) >= 11 is 3.44. The lowest BCUT2D eigenvalue weighted by Crippen LogP contribution is -2.03. The fraction of sp³-hybridized carbons (Fsp3) is 0. The summed E-state index contributed by atoms with van der Waals surface area (Å²) in [4.78, 5) is 20.2. The van der Waals surface area contributed by atoms with Crippen LogP contribution in [0.2, 0.25) is 0 Å². The largest absolute Gasteiger partial charge is 0.477 e. The fourth-order valence-electron chi connectivity index (χ4n) is 2.73. The Morgan fingerprint density at radius 1 is 0.920 bits per heavy atom. The number of rotatable bonds is 3. The first-order valence-corrected chi connectivity index (χ1v) is 8.37. The SMILES string of the molecule is O=C(O)c1cccc(-c2nc3ccccc3n2-c2ccc(Br)cc2)n1. The van der Waals surface area contributed by atoms with Crippen LogP contribution in [-0.2, 0) is 0 Å². The van der Waals surface area contributed by atoms with Crippen molar-refractivity contribution in [2.45, 2.75) is 0 Å². The highest BCUT2D eigenvalue weighted by atomic mass is 79.9. The van der Waals surface area contributed by atoms with Crippen LogP contribution in [0, 0.1) is 0 Å². The number of para-hydroxylation sites is 2. The van der Waals surface area contributed by atoms with Crippen molar-refractivity contribution in [3.63, 3.8) is 0 Å². The average Bonchev–Trinajstić information content (AvgIpc) is 3.02. The quantitative estimate of drug-likeness (QED) is 0.554. The van der Waals surface area contributed by atoms with Crippen LogP contribution in [0.25, 0.3) is 28.2 Å². The molecule has 5 nitrogen and oxygen atoms in total. The molecule has 0 aliphatic heterocycles. The van der Waals surface area contributed by atoms with Crippen molar-refractivity contribution in [2.75, 3.05) is 0 Å². The van der Waals surface area contributed by atoms with E-state index in [1.165, 1.54) is 6.07 Å².